The van der Waals surface area contributed by atoms with Crippen molar-refractivity contribution in [1.29, 1.82) is 0 Å². The second-order valence-corrected chi connectivity index (χ2v) is 15.8. The van der Waals surface area contributed by atoms with Gasteiger partial charge in [-0.05, 0) is 61.5 Å². The topological polar surface area (TPSA) is 155 Å². The van der Waals surface area contributed by atoms with E-state index in [1.807, 2.05) is 26.8 Å². The first-order chi connectivity index (χ1) is 23.9. The Morgan fingerprint density at radius 2 is 1.76 bits per heavy atom. The summed E-state index contributed by atoms with van der Waals surface area (Å²) in [6.07, 6.45) is 3.72. The van der Waals surface area contributed by atoms with Crippen molar-refractivity contribution in [2.75, 3.05) is 46.0 Å². The maximum absolute atomic E-state index is 14.1. The van der Waals surface area contributed by atoms with Crippen LogP contribution in [0.4, 0.5) is 4.79 Å². The van der Waals surface area contributed by atoms with E-state index < -0.39 is 41.5 Å². The van der Waals surface area contributed by atoms with Crippen molar-refractivity contribution in [3.05, 3.63) is 23.2 Å². The smallest absolute Gasteiger partial charge is 0.408 e. The highest BCUT2D eigenvalue weighted by molar-refractivity contribution is 6.36. The summed E-state index contributed by atoms with van der Waals surface area (Å²) < 4.78 is 29.8. The molecule has 5 aliphatic rings. The predicted molar refractivity (Wildman–Crippen MR) is 184 cm³/mol. The lowest BCUT2D eigenvalue weighted by atomic mass is 9.85. The minimum absolute atomic E-state index is 0.0752. The zero-order valence-electron chi connectivity index (χ0n) is 29.0. The van der Waals surface area contributed by atoms with Gasteiger partial charge in [-0.15, -0.1) is 0 Å². The van der Waals surface area contributed by atoms with E-state index in [-0.39, 0.29) is 25.2 Å². The molecule has 1 aromatic carbocycles. The lowest BCUT2D eigenvalue weighted by molar-refractivity contribution is -0.141. The van der Waals surface area contributed by atoms with Gasteiger partial charge in [0.1, 0.15) is 59.0 Å². The number of alkyl carbamates (subject to hydrolysis) is 1. The van der Waals surface area contributed by atoms with Gasteiger partial charge in [0, 0.05) is 37.5 Å². The van der Waals surface area contributed by atoms with Crippen LogP contribution in [-0.4, -0.2) is 109 Å². The van der Waals surface area contributed by atoms with Crippen LogP contribution in [0.5, 0.6) is 17.4 Å². The number of halogens is 1. The third kappa shape index (κ3) is 8.00. The SMILES string of the molecule is CC(C)(C)[C@H](NC(=O)OC1C[C@@H]2C[C@@H]2C1)C(=O)N1CC(Oc2cc(OC3CC3)nc3c(Cl)c(OCCN4CCOCC4)ccc23)C[C@H]1C(N)=O. The number of fused-ring (bicyclic) bond motifs is 2. The molecule has 6 atom stereocenters. The number of primary amides is 1. The molecule has 0 bridgehead atoms. The number of hydrogen-bond donors (Lipinski definition) is 2. The van der Waals surface area contributed by atoms with Crippen LogP contribution in [0.1, 0.15) is 59.3 Å². The standard InChI is InChI=1S/C36H48ClN5O8/c1-36(2,3)32(40-35(45)50-23-15-20-14-21(20)16-23)34(44)42-19-24(17-26(42)33(38)43)48-28-18-29(49-22-4-5-22)39-31-25(28)6-7-27(30(31)37)47-13-10-41-8-11-46-12-9-41/h6-7,18,20-24,26,32H,4-5,8-17,19H2,1-3H3,(H2,38,43)(H,40,45)/t20-,21+,23?,24?,26-,32+/m0/s1. The van der Waals surface area contributed by atoms with E-state index in [2.05, 4.69) is 10.2 Å². The van der Waals surface area contributed by atoms with Crippen molar-refractivity contribution in [3.8, 4) is 17.4 Å². The van der Waals surface area contributed by atoms with Crippen molar-refractivity contribution < 1.29 is 38.1 Å². The first kappa shape index (κ1) is 34.9. The summed E-state index contributed by atoms with van der Waals surface area (Å²) >= 11 is 6.90. The number of morpholine rings is 1. The third-order valence-corrected chi connectivity index (χ3v) is 10.8. The van der Waals surface area contributed by atoms with Crippen molar-refractivity contribution in [2.24, 2.45) is 23.0 Å². The van der Waals surface area contributed by atoms with Crippen molar-refractivity contribution >= 4 is 40.4 Å². The van der Waals surface area contributed by atoms with Crippen molar-refractivity contribution in [3.63, 3.8) is 0 Å². The van der Waals surface area contributed by atoms with Gasteiger partial charge in [0.2, 0.25) is 17.7 Å². The number of pyridine rings is 1. The van der Waals surface area contributed by atoms with Crippen LogP contribution >= 0.6 is 11.6 Å². The molecule has 7 rings (SSSR count). The molecule has 2 saturated heterocycles. The van der Waals surface area contributed by atoms with Crippen LogP contribution in [0.2, 0.25) is 5.02 Å². The minimum Gasteiger partial charge on any atom is -0.491 e. The number of aromatic nitrogens is 1. The molecule has 50 heavy (non-hydrogen) atoms. The second-order valence-electron chi connectivity index (χ2n) is 15.4. The van der Waals surface area contributed by atoms with Gasteiger partial charge >= 0.3 is 6.09 Å². The fraction of sp³-hybridized carbons (Fsp3) is 0.667. The molecule has 2 aromatic rings. The van der Waals surface area contributed by atoms with Crippen LogP contribution in [0, 0.1) is 17.3 Å². The number of ether oxygens (including phenoxy) is 5. The van der Waals surface area contributed by atoms with Crippen molar-refractivity contribution in [2.45, 2.75) is 89.7 Å². The van der Waals surface area contributed by atoms with E-state index in [1.54, 1.807) is 12.1 Å². The van der Waals surface area contributed by atoms with Crippen LogP contribution in [0.15, 0.2) is 18.2 Å². The normalized spacial score (nSPS) is 27.0. The molecule has 2 aliphatic heterocycles. The number of carbonyl (C=O) groups is 3. The Hall–Kier alpha value is -3.55. The molecule has 3 heterocycles. The van der Waals surface area contributed by atoms with E-state index in [0.29, 0.717) is 65.0 Å². The molecule has 272 valence electrons. The van der Waals surface area contributed by atoms with Gasteiger partial charge in [-0.2, -0.15) is 0 Å². The van der Waals surface area contributed by atoms with Gasteiger partial charge in [0.05, 0.1) is 19.8 Å². The Kier molecular flexibility index (Phi) is 9.92. The third-order valence-electron chi connectivity index (χ3n) is 10.4. The summed E-state index contributed by atoms with van der Waals surface area (Å²) in [5, 5.41) is 3.79. The first-order valence-corrected chi connectivity index (χ1v) is 18.3. The highest BCUT2D eigenvalue weighted by Crippen LogP contribution is 2.52. The van der Waals surface area contributed by atoms with Crippen LogP contribution in [0.25, 0.3) is 10.9 Å². The molecule has 3 saturated carbocycles. The van der Waals surface area contributed by atoms with E-state index in [4.69, 9.17) is 46.0 Å². The lowest BCUT2D eigenvalue weighted by Gasteiger charge is -2.35. The van der Waals surface area contributed by atoms with Gasteiger partial charge < -0.3 is 39.6 Å². The Balaban J connectivity index is 1.07. The fourth-order valence-electron chi connectivity index (χ4n) is 7.37. The van der Waals surface area contributed by atoms with Gasteiger partial charge in [0.15, 0.2) is 0 Å². The minimum atomic E-state index is -0.952. The average molecular weight is 714 g/mol. The zero-order chi connectivity index (χ0) is 35.2. The van der Waals surface area contributed by atoms with E-state index in [1.165, 1.54) is 11.3 Å². The van der Waals surface area contributed by atoms with Crippen LogP contribution in [0.3, 0.4) is 0 Å². The highest BCUT2D eigenvalue weighted by Gasteiger charge is 2.48. The van der Waals surface area contributed by atoms with Gasteiger partial charge in [-0.3, -0.25) is 14.5 Å². The maximum Gasteiger partial charge on any atom is 0.408 e. The summed E-state index contributed by atoms with van der Waals surface area (Å²) in [6, 6.07) is 3.48. The number of likely N-dealkylation sites (tertiary alicyclic amines) is 1. The maximum atomic E-state index is 14.1. The van der Waals surface area contributed by atoms with E-state index in [9.17, 15) is 14.4 Å². The summed E-state index contributed by atoms with van der Waals surface area (Å²) in [4.78, 5) is 48.3. The number of benzene rings is 1. The Bertz CT molecular complexity index is 1600. The average Bonchev–Trinajstić information content (AvgIpc) is 3.95. The van der Waals surface area contributed by atoms with E-state index >= 15 is 0 Å². The molecule has 3 amide bonds. The number of nitrogens with one attached hydrogen (secondary N) is 1. The van der Waals surface area contributed by atoms with Gasteiger partial charge in [0.25, 0.3) is 0 Å². The van der Waals surface area contributed by atoms with Gasteiger partial charge in [-0.1, -0.05) is 32.4 Å². The number of rotatable bonds is 12. The molecule has 3 aliphatic carbocycles. The molecular weight excluding hydrogens is 666 g/mol. The lowest BCUT2D eigenvalue weighted by Crippen LogP contribution is -2.57. The Morgan fingerprint density at radius 3 is 2.44 bits per heavy atom. The summed E-state index contributed by atoms with van der Waals surface area (Å²) in [5.74, 6) is 1.56. The van der Waals surface area contributed by atoms with Crippen molar-refractivity contribution in [1.82, 2.24) is 20.1 Å². The molecule has 0 spiro atoms. The quantitative estimate of drug-likeness (QED) is 0.331. The van der Waals surface area contributed by atoms with E-state index in [0.717, 1.165) is 45.3 Å². The summed E-state index contributed by atoms with van der Waals surface area (Å²) in [5.41, 5.74) is 5.64. The molecule has 2 unspecified atom stereocenters. The first-order valence-electron chi connectivity index (χ1n) is 17.9. The molecule has 14 heteroatoms. The zero-order valence-corrected chi connectivity index (χ0v) is 29.8. The fourth-order valence-corrected chi connectivity index (χ4v) is 7.63. The molecule has 3 N–H and O–H groups in total. The van der Waals surface area contributed by atoms with Crippen LogP contribution in [-0.2, 0) is 19.1 Å². The highest BCUT2D eigenvalue weighted by atomic mass is 35.5. The number of nitrogens with two attached hydrogens (primary N) is 1. The van der Waals surface area contributed by atoms with Gasteiger partial charge in [-0.25, -0.2) is 9.78 Å². The summed E-state index contributed by atoms with van der Waals surface area (Å²) in [6.45, 7) is 10.0. The number of amides is 3. The largest absolute Gasteiger partial charge is 0.491 e. The number of hydrogen-bond acceptors (Lipinski definition) is 10. The Labute approximate surface area is 297 Å². The summed E-state index contributed by atoms with van der Waals surface area (Å²) in [7, 11) is 0. The monoisotopic (exact) mass is 713 g/mol. The predicted octanol–water partition coefficient (Wildman–Crippen LogP) is 3.91. The molecule has 13 nitrogen and oxygen atoms in total. The second kappa shape index (κ2) is 14.2. The molecule has 1 aromatic heterocycles. The molecule has 0 radical (unpaired) electrons. The molecule has 5 fully saturated rings. The number of carbonyl (C=O) groups excluding carboxylic acids is 3. The molecular formula is C36H48ClN5O8. The van der Waals surface area contributed by atoms with Crippen LogP contribution < -0.4 is 25.3 Å². The Morgan fingerprint density at radius 1 is 1.02 bits per heavy atom. The number of nitrogens with zero attached hydrogens (tertiary/aromatic N) is 3.